The van der Waals surface area contributed by atoms with Gasteiger partial charge in [0.25, 0.3) is 17.7 Å². The molecule has 3 heterocycles. The van der Waals surface area contributed by atoms with Crippen molar-refractivity contribution in [3.05, 3.63) is 63.7 Å². The van der Waals surface area contributed by atoms with E-state index < -0.39 is 5.60 Å². The van der Waals surface area contributed by atoms with E-state index in [0.29, 0.717) is 54.8 Å². The standard InChI is InChI=1S/C27H28N2O5/c1-15(2)29-25(32)19-6-5-18(13-20(19)26(29)33)24(31)28-9-7-27(8-10-28)14-22(30)21-12-16(3)11-17(4)23(21)34-27/h5-6,11-13,15H,7-10,14H2,1-4H3. The Bertz CT molecular complexity index is 1250. The predicted octanol–water partition coefficient (Wildman–Crippen LogP) is 3.95. The average Bonchev–Trinajstić information content (AvgIpc) is 3.04. The second-order valence-corrected chi connectivity index (χ2v) is 9.97. The zero-order valence-electron chi connectivity index (χ0n) is 19.9. The zero-order valence-corrected chi connectivity index (χ0v) is 19.9. The van der Waals surface area contributed by atoms with Crippen LogP contribution in [-0.2, 0) is 0 Å². The van der Waals surface area contributed by atoms with E-state index >= 15 is 0 Å². The fraction of sp³-hybridized carbons (Fsp3) is 0.407. The van der Waals surface area contributed by atoms with Crippen LogP contribution in [0.5, 0.6) is 5.75 Å². The number of ether oxygens (including phenoxy) is 1. The number of aryl methyl sites for hydroxylation is 2. The van der Waals surface area contributed by atoms with Gasteiger partial charge in [0.05, 0.1) is 23.1 Å². The third-order valence-corrected chi connectivity index (χ3v) is 7.16. The van der Waals surface area contributed by atoms with Crippen molar-refractivity contribution >= 4 is 23.5 Å². The molecule has 0 saturated carbocycles. The van der Waals surface area contributed by atoms with E-state index in [2.05, 4.69) is 0 Å². The van der Waals surface area contributed by atoms with Gasteiger partial charge in [-0.05, 0) is 63.1 Å². The van der Waals surface area contributed by atoms with E-state index in [0.717, 1.165) is 11.1 Å². The van der Waals surface area contributed by atoms with Crippen LogP contribution in [0.3, 0.4) is 0 Å². The van der Waals surface area contributed by atoms with Crippen LogP contribution in [0, 0.1) is 13.8 Å². The summed E-state index contributed by atoms with van der Waals surface area (Å²) in [6, 6.07) is 8.37. The summed E-state index contributed by atoms with van der Waals surface area (Å²) in [5.41, 5.74) is 3.05. The number of carbonyl (C=O) groups excluding carboxylic acids is 4. The summed E-state index contributed by atoms with van der Waals surface area (Å²) in [5, 5.41) is 0. The number of imide groups is 1. The molecule has 0 aliphatic carbocycles. The minimum atomic E-state index is -0.598. The highest BCUT2D eigenvalue weighted by Crippen LogP contribution is 2.41. The molecule has 0 aromatic heterocycles. The lowest BCUT2D eigenvalue weighted by Gasteiger charge is -2.44. The van der Waals surface area contributed by atoms with Gasteiger partial charge in [-0.1, -0.05) is 6.07 Å². The first-order valence-electron chi connectivity index (χ1n) is 11.7. The molecule has 0 radical (unpaired) electrons. The van der Waals surface area contributed by atoms with Crippen molar-refractivity contribution in [3.8, 4) is 5.75 Å². The first kappa shape index (κ1) is 22.3. The zero-order chi connectivity index (χ0) is 24.4. The van der Waals surface area contributed by atoms with Crippen molar-refractivity contribution < 1.29 is 23.9 Å². The van der Waals surface area contributed by atoms with Crippen molar-refractivity contribution in [2.75, 3.05) is 13.1 Å². The molecule has 3 aliphatic heterocycles. The fourth-order valence-corrected chi connectivity index (χ4v) is 5.38. The number of rotatable bonds is 2. The van der Waals surface area contributed by atoms with Gasteiger partial charge in [-0.15, -0.1) is 0 Å². The maximum Gasteiger partial charge on any atom is 0.261 e. The van der Waals surface area contributed by atoms with Crippen molar-refractivity contribution in [3.63, 3.8) is 0 Å². The SMILES string of the molecule is Cc1cc(C)c2c(c1)C(=O)CC1(CCN(C(=O)c3ccc4c(c3)C(=O)N(C(C)C)C4=O)CC1)O2. The topological polar surface area (TPSA) is 84.0 Å². The van der Waals surface area contributed by atoms with E-state index in [4.69, 9.17) is 4.74 Å². The highest BCUT2D eigenvalue weighted by molar-refractivity contribution is 6.22. The maximum absolute atomic E-state index is 13.2. The molecule has 1 saturated heterocycles. The van der Waals surface area contributed by atoms with Gasteiger partial charge in [0.15, 0.2) is 5.78 Å². The number of hydrogen-bond acceptors (Lipinski definition) is 5. The Morgan fingerprint density at radius 1 is 0.941 bits per heavy atom. The molecule has 2 aromatic rings. The fourth-order valence-electron chi connectivity index (χ4n) is 5.38. The molecule has 2 aromatic carbocycles. The van der Waals surface area contributed by atoms with Gasteiger partial charge >= 0.3 is 0 Å². The summed E-state index contributed by atoms with van der Waals surface area (Å²) in [7, 11) is 0. The molecule has 7 heteroatoms. The summed E-state index contributed by atoms with van der Waals surface area (Å²) >= 11 is 0. The third kappa shape index (κ3) is 3.42. The van der Waals surface area contributed by atoms with Gasteiger partial charge in [0.2, 0.25) is 0 Å². The van der Waals surface area contributed by atoms with Crippen molar-refractivity contribution in [1.29, 1.82) is 0 Å². The number of piperidine rings is 1. The van der Waals surface area contributed by atoms with Gasteiger partial charge < -0.3 is 9.64 Å². The number of benzene rings is 2. The van der Waals surface area contributed by atoms with Gasteiger partial charge in [-0.2, -0.15) is 0 Å². The second-order valence-electron chi connectivity index (χ2n) is 9.97. The van der Waals surface area contributed by atoms with Crippen LogP contribution in [0.1, 0.15) is 85.7 Å². The molecule has 0 N–H and O–H groups in total. The molecule has 176 valence electrons. The first-order chi connectivity index (χ1) is 16.1. The first-order valence-corrected chi connectivity index (χ1v) is 11.7. The Balaban J connectivity index is 1.33. The molecular formula is C27H28N2O5. The van der Waals surface area contributed by atoms with E-state index in [1.807, 2.05) is 26.0 Å². The minimum Gasteiger partial charge on any atom is -0.486 e. The molecule has 1 fully saturated rings. The Kier molecular flexibility index (Phi) is 5.11. The predicted molar refractivity (Wildman–Crippen MR) is 125 cm³/mol. The summed E-state index contributed by atoms with van der Waals surface area (Å²) < 4.78 is 6.42. The lowest BCUT2D eigenvalue weighted by molar-refractivity contribution is -0.00621. The highest BCUT2D eigenvalue weighted by Gasteiger charge is 2.44. The van der Waals surface area contributed by atoms with Gasteiger partial charge in [0, 0.05) is 37.5 Å². The van der Waals surface area contributed by atoms with E-state index in [-0.39, 0.29) is 35.1 Å². The highest BCUT2D eigenvalue weighted by atomic mass is 16.5. The van der Waals surface area contributed by atoms with Crippen LogP contribution in [0.15, 0.2) is 30.3 Å². The molecule has 0 bridgehead atoms. The van der Waals surface area contributed by atoms with Gasteiger partial charge in [-0.3, -0.25) is 24.1 Å². The number of likely N-dealkylation sites (tertiary alicyclic amines) is 1. The van der Waals surface area contributed by atoms with Crippen molar-refractivity contribution in [1.82, 2.24) is 9.80 Å². The van der Waals surface area contributed by atoms with E-state index in [1.54, 1.807) is 30.9 Å². The number of carbonyl (C=O) groups is 4. The van der Waals surface area contributed by atoms with Crippen molar-refractivity contribution in [2.45, 2.75) is 58.6 Å². The lowest BCUT2D eigenvalue weighted by Crippen LogP contribution is -2.52. The van der Waals surface area contributed by atoms with Gasteiger partial charge in [0.1, 0.15) is 11.4 Å². The summed E-state index contributed by atoms with van der Waals surface area (Å²) in [6.07, 6.45) is 1.42. The van der Waals surface area contributed by atoms with Crippen molar-refractivity contribution in [2.24, 2.45) is 0 Å². The normalized spacial score (nSPS) is 18.9. The maximum atomic E-state index is 13.2. The second kappa shape index (κ2) is 7.79. The lowest BCUT2D eigenvalue weighted by atomic mass is 9.81. The minimum absolute atomic E-state index is 0.0873. The molecule has 7 nitrogen and oxygen atoms in total. The van der Waals surface area contributed by atoms with E-state index in [1.165, 1.54) is 11.0 Å². The molecule has 5 rings (SSSR count). The monoisotopic (exact) mass is 460 g/mol. The molecule has 1 spiro atoms. The van der Waals surface area contributed by atoms with Crippen LogP contribution >= 0.6 is 0 Å². The van der Waals surface area contributed by atoms with E-state index in [9.17, 15) is 19.2 Å². The smallest absolute Gasteiger partial charge is 0.261 e. The molecule has 34 heavy (non-hydrogen) atoms. The average molecular weight is 461 g/mol. The van der Waals surface area contributed by atoms with Crippen LogP contribution in [0.25, 0.3) is 0 Å². The third-order valence-electron chi connectivity index (χ3n) is 7.16. The van der Waals surface area contributed by atoms with Crippen LogP contribution in [-0.4, -0.2) is 58.0 Å². The molecule has 3 aliphatic rings. The summed E-state index contributed by atoms with van der Waals surface area (Å²) in [4.78, 5) is 54.4. The summed E-state index contributed by atoms with van der Waals surface area (Å²) in [6.45, 7) is 8.41. The molecule has 0 unspecified atom stereocenters. The summed E-state index contributed by atoms with van der Waals surface area (Å²) in [5.74, 6) is -0.114. The Hall–Kier alpha value is -3.48. The number of nitrogens with zero attached hydrogens (tertiary/aromatic N) is 2. The van der Waals surface area contributed by atoms with Crippen LogP contribution < -0.4 is 4.74 Å². The quantitative estimate of drug-likeness (QED) is 0.634. The Labute approximate surface area is 198 Å². The molecule has 3 amide bonds. The largest absolute Gasteiger partial charge is 0.486 e. The number of fused-ring (bicyclic) bond motifs is 2. The van der Waals surface area contributed by atoms with Crippen LogP contribution in [0.4, 0.5) is 0 Å². The number of hydrogen-bond donors (Lipinski definition) is 0. The Morgan fingerprint density at radius 3 is 2.29 bits per heavy atom. The van der Waals surface area contributed by atoms with Crippen LogP contribution in [0.2, 0.25) is 0 Å². The molecule has 0 atom stereocenters. The number of amides is 3. The Morgan fingerprint density at radius 2 is 1.62 bits per heavy atom. The van der Waals surface area contributed by atoms with Gasteiger partial charge in [-0.25, -0.2) is 0 Å². The number of ketones is 1. The molecular weight excluding hydrogens is 432 g/mol. The number of Topliss-reactive ketones (excluding diaryl/α,β-unsaturated/α-hetero) is 1.